The van der Waals surface area contributed by atoms with Crippen molar-refractivity contribution in [1.29, 1.82) is 0 Å². The fraction of sp³-hybridized carbons (Fsp3) is 0.350. The molecule has 5 nitrogen and oxygen atoms in total. The van der Waals surface area contributed by atoms with E-state index < -0.39 is 9.84 Å². The van der Waals surface area contributed by atoms with E-state index in [2.05, 4.69) is 19.2 Å². The average Bonchev–Trinajstić information content (AvgIpc) is 2.58. The maximum absolute atomic E-state index is 12.4. The number of sulfone groups is 1. The van der Waals surface area contributed by atoms with Crippen molar-refractivity contribution in [2.24, 2.45) is 5.92 Å². The minimum absolute atomic E-state index is 0.139. The molecule has 2 aromatic rings. The minimum Gasteiger partial charge on any atom is -0.493 e. The number of rotatable bonds is 7. The number of carbonyl (C=O) groups excluding carboxylic acids is 1. The smallest absolute Gasteiger partial charge is 0.251 e. The Morgan fingerprint density at radius 2 is 1.77 bits per heavy atom. The molecule has 0 aliphatic heterocycles. The first-order chi connectivity index (χ1) is 12.2. The first-order valence-electron chi connectivity index (χ1n) is 8.47. The van der Waals surface area contributed by atoms with E-state index >= 15 is 0 Å². The number of hydrogen-bond acceptors (Lipinski definition) is 4. The molecule has 0 aliphatic carbocycles. The zero-order valence-corrected chi connectivity index (χ0v) is 16.4. The first-order valence-corrected chi connectivity index (χ1v) is 10.4. The van der Waals surface area contributed by atoms with Gasteiger partial charge in [0.25, 0.3) is 5.91 Å². The van der Waals surface area contributed by atoms with Crippen LogP contribution in [-0.4, -0.2) is 27.2 Å². The number of hydrogen-bond donors (Lipinski definition) is 1. The molecule has 0 fully saturated rings. The molecule has 0 heterocycles. The topological polar surface area (TPSA) is 72.5 Å². The van der Waals surface area contributed by atoms with E-state index in [0.29, 0.717) is 24.6 Å². The first kappa shape index (κ1) is 20.0. The highest BCUT2D eigenvalue weighted by Crippen LogP contribution is 2.16. The van der Waals surface area contributed by atoms with Gasteiger partial charge < -0.3 is 10.1 Å². The van der Waals surface area contributed by atoms with E-state index in [4.69, 9.17) is 4.74 Å². The lowest BCUT2D eigenvalue weighted by Crippen LogP contribution is -2.24. The van der Waals surface area contributed by atoms with Crippen LogP contribution in [0.3, 0.4) is 0 Å². The van der Waals surface area contributed by atoms with Crippen molar-refractivity contribution in [3.8, 4) is 5.75 Å². The van der Waals surface area contributed by atoms with Crippen molar-refractivity contribution in [2.45, 2.75) is 32.2 Å². The van der Waals surface area contributed by atoms with Crippen LogP contribution in [0.15, 0.2) is 47.4 Å². The highest BCUT2D eigenvalue weighted by Gasteiger charge is 2.14. The molecule has 140 valence electrons. The van der Waals surface area contributed by atoms with Gasteiger partial charge in [0.05, 0.1) is 11.5 Å². The van der Waals surface area contributed by atoms with Crippen LogP contribution in [0.2, 0.25) is 0 Å². The number of ether oxygens (including phenoxy) is 1. The Balaban J connectivity index is 2.02. The number of nitrogens with one attached hydrogen (secondary N) is 1. The second kappa shape index (κ2) is 8.36. The molecule has 0 aliphatic rings. The van der Waals surface area contributed by atoms with Crippen LogP contribution >= 0.6 is 0 Å². The Kier molecular flexibility index (Phi) is 6.42. The Hall–Kier alpha value is -2.34. The zero-order chi connectivity index (χ0) is 19.3. The molecule has 1 N–H and O–H groups in total. The van der Waals surface area contributed by atoms with E-state index in [0.717, 1.165) is 23.1 Å². The van der Waals surface area contributed by atoms with Gasteiger partial charge in [-0.1, -0.05) is 32.0 Å². The molecule has 0 atom stereocenters. The fourth-order valence-electron chi connectivity index (χ4n) is 2.32. The van der Waals surface area contributed by atoms with Crippen LogP contribution in [0.5, 0.6) is 5.75 Å². The maximum Gasteiger partial charge on any atom is 0.251 e. The summed E-state index contributed by atoms with van der Waals surface area (Å²) >= 11 is 0. The summed E-state index contributed by atoms with van der Waals surface area (Å²) in [6.07, 6.45) is 1.13. The minimum atomic E-state index is -3.35. The lowest BCUT2D eigenvalue weighted by Gasteiger charge is -2.11. The number of carbonyl (C=O) groups is 1. The summed E-state index contributed by atoms with van der Waals surface area (Å²) in [7, 11) is -3.35. The predicted octanol–water partition coefficient (Wildman–Crippen LogP) is 3.36. The van der Waals surface area contributed by atoms with Crippen LogP contribution in [0.25, 0.3) is 0 Å². The fourth-order valence-corrected chi connectivity index (χ4v) is 2.97. The van der Waals surface area contributed by atoms with Gasteiger partial charge in [0.15, 0.2) is 9.84 Å². The molecule has 26 heavy (non-hydrogen) atoms. The third kappa shape index (κ3) is 5.59. The molecule has 0 unspecified atom stereocenters. The molecule has 2 rings (SSSR count). The second-order valence-electron chi connectivity index (χ2n) is 6.78. The van der Waals surface area contributed by atoms with Gasteiger partial charge in [-0.05, 0) is 48.2 Å². The molecule has 0 radical (unpaired) electrons. The normalized spacial score (nSPS) is 11.4. The molecule has 2 aromatic carbocycles. The standard InChI is InChI=1S/C20H25NO4S/c1-14(2)13-25-17-8-6-16(7-9-17)12-21-20(22)19-11-18(26(4,23)24)10-5-15(19)3/h5-11,14H,12-13H2,1-4H3,(H,21,22). The van der Waals surface area contributed by atoms with Crippen LogP contribution in [0.1, 0.15) is 35.3 Å². The summed E-state index contributed by atoms with van der Waals surface area (Å²) in [5.41, 5.74) is 2.03. The third-order valence-corrected chi connectivity index (χ3v) is 4.95. The van der Waals surface area contributed by atoms with Gasteiger partial charge in [0.1, 0.15) is 5.75 Å². The summed E-state index contributed by atoms with van der Waals surface area (Å²) in [6.45, 7) is 6.97. The summed E-state index contributed by atoms with van der Waals surface area (Å²) < 4.78 is 29.0. The van der Waals surface area contributed by atoms with Crippen LogP contribution < -0.4 is 10.1 Å². The van der Waals surface area contributed by atoms with Gasteiger partial charge in [-0.15, -0.1) is 0 Å². The van der Waals surface area contributed by atoms with Gasteiger partial charge in [0.2, 0.25) is 0 Å². The molecule has 6 heteroatoms. The summed E-state index contributed by atoms with van der Waals surface area (Å²) in [6, 6.07) is 12.1. The Morgan fingerprint density at radius 1 is 1.12 bits per heavy atom. The molecule has 1 amide bonds. The highest BCUT2D eigenvalue weighted by atomic mass is 32.2. The van der Waals surface area contributed by atoms with Crippen molar-refractivity contribution in [3.63, 3.8) is 0 Å². The van der Waals surface area contributed by atoms with Gasteiger partial charge in [-0.25, -0.2) is 8.42 Å². The van der Waals surface area contributed by atoms with Crippen LogP contribution in [0.4, 0.5) is 0 Å². The van der Waals surface area contributed by atoms with Crippen LogP contribution in [-0.2, 0) is 16.4 Å². The largest absolute Gasteiger partial charge is 0.493 e. The molecular formula is C20H25NO4S. The summed E-state index contributed by atoms with van der Waals surface area (Å²) in [4.78, 5) is 12.6. The van der Waals surface area contributed by atoms with Crippen molar-refractivity contribution in [1.82, 2.24) is 5.32 Å². The summed E-state index contributed by atoms with van der Waals surface area (Å²) in [5, 5.41) is 2.83. The monoisotopic (exact) mass is 375 g/mol. The lowest BCUT2D eigenvalue weighted by molar-refractivity contribution is 0.0950. The summed E-state index contributed by atoms with van der Waals surface area (Å²) in [5.74, 6) is 0.957. The number of amides is 1. The molecular weight excluding hydrogens is 350 g/mol. The van der Waals surface area contributed by atoms with E-state index in [9.17, 15) is 13.2 Å². The zero-order valence-electron chi connectivity index (χ0n) is 15.6. The maximum atomic E-state index is 12.4. The quantitative estimate of drug-likeness (QED) is 0.805. The second-order valence-corrected chi connectivity index (χ2v) is 8.80. The molecule has 0 saturated carbocycles. The Bertz CT molecular complexity index is 871. The molecule has 0 spiro atoms. The van der Waals surface area contributed by atoms with Crippen molar-refractivity contribution >= 4 is 15.7 Å². The third-order valence-electron chi connectivity index (χ3n) is 3.84. The van der Waals surface area contributed by atoms with Gasteiger partial charge in [0, 0.05) is 18.4 Å². The Morgan fingerprint density at radius 3 is 2.35 bits per heavy atom. The van der Waals surface area contributed by atoms with E-state index in [1.165, 1.54) is 12.1 Å². The van der Waals surface area contributed by atoms with E-state index in [1.54, 1.807) is 13.0 Å². The van der Waals surface area contributed by atoms with E-state index in [1.807, 2.05) is 24.3 Å². The van der Waals surface area contributed by atoms with E-state index in [-0.39, 0.29) is 10.8 Å². The van der Waals surface area contributed by atoms with Crippen LogP contribution in [0, 0.1) is 12.8 Å². The van der Waals surface area contributed by atoms with Gasteiger partial charge in [-0.3, -0.25) is 4.79 Å². The highest BCUT2D eigenvalue weighted by molar-refractivity contribution is 7.90. The lowest BCUT2D eigenvalue weighted by atomic mass is 10.1. The predicted molar refractivity (Wildman–Crippen MR) is 102 cm³/mol. The number of aryl methyl sites for hydroxylation is 1. The van der Waals surface area contributed by atoms with Crippen molar-refractivity contribution < 1.29 is 17.9 Å². The van der Waals surface area contributed by atoms with Crippen molar-refractivity contribution in [3.05, 3.63) is 59.2 Å². The van der Waals surface area contributed by atoms with Crippen molar-refractivity contribution in [2.75, 3.05) is 12.9 Å². The number of benzene rings is 2. The SMILES string of the molecule is Cc1ccc(S(C)(=O)=O)cc1C(=O)NCc1ccc(OCC(C)C)cc1. The molecule has 0 saturated heterocycles. The molecule has 0 aromatic heterocycles. The van der Waals surface area contributed by atoms with Gasteiger partial charge >= 0.3 is 0 Å². The Labute approximate surface area is 155 Å². The molecule has 0 bridgehead atoms. The van der Waals surface area contributed by atoms with Gasteiger partial charge in [-0.2, -0.15) is 0 Å². The average molecular weight is 375 g/mol.